The predicted molar refractivity (Wildman–Crippen MR) is 71.7 cm³/mol. The average Bonchev–Trinajstić information content (AvgIpc) is 2.70. The first-order valence-electron chi connectivity index (χ1n) is 5.81. The summed E-state index contributed by atoms with van der Waals surface area (Å²) in [5.74, 6) is 0. The number of aromatic nitrogens is 3. The highest BCUT2D eigenvalue weighted by Crippen LogP contribution is 2.30. The molecule has 6 heteroatoms. The molecule has 18 heavy (non-hydrogen) atoms. The molecule has 0 aliphatic carbocycles. The zero-order chi connectivity index (χ0) is 13.1. The van der Waals surface area contributed by atoms with Crippen LogP contribution in [-0.2, 0) is 6.54 Å². The van der Waals surface area contributed by atoms with Crippen LogP contribution < -0.4 is 11.4 Å². The minimum absolute atomic E-state index is 0.0468. The van der Waals surface area contributed by atoms with Gasteiger partial charge < -0.3 is 5.73 Å². The van der Waals surface area contributed by atoms with E-state index in [1.165, 1.54) is 11.8 Å². The molecular weight excluding hydrogens is 248 g/mol. The number of hydrogen-bond donors (Lipinski definition) is 2. The Morgan fingerprint density at radius 2 is 2.22 bits per heavy atom. The van der Waals surface area contributed by atoms with Crippen molar-refractivity contribution in [3.63, 3.8) is 0 Å². The molecular formula is C12H16N4OS. The molecule has 0 amide bonds. The number of hydrogen-bond acceptors (Lipinski definition) is 4. The highest BCUT2D eigenvalue weighted by atomic mass is 32.2. The highest BCUT2D eigenvalue weighted by Gasteiger charge is 2.12. The lowest BCUT2D eigenvalue weighted by atomic mass is 10.1. The summed E-state index contributed by atoms with van der Waals surface area (Å²) in [5, 5.41) is 7.15. The van der Waals surface area contributed by atoms with Crippen LogP contribution in [0.5, 0.6) is 0 Å². The van der Waals surface area contributed by atoms with Gasteiger partial charge in [-0.3, -0.25) is 4.57 Å². The number of rotatable bonds is 4. The number of benzene rings is 1. The summed E-state index contributed by atoms with van der Waals surface area (Å²) >= 11 is 1.46. The standard InChI is InChI=1S/C12H16N4OS/c1-3-16-11(17)14-15-12(16)18-10-7-5-4-6-9(10)8(2)13/h4-8H,3,13H2,1-2H3,(H,14,17). The van der Waals surface area contributed by atoms with E-state index < -0.39 is 0 Å². The quantitative estimate of drug-likeness (QED) is 0.882. The molecule has 2 aromatic rings. The Bertz CT molecular complexity index is 588. The predicted octanol–water partition coefficient (Wildman–Crippen LogP) is 1.76. The fourth-order valence-corrected chi connectivity index (χ4v) is 2.84. The van der Waals surface area contributed by atoms with Crippen molar-refractivity contribution in [3.05, 3.63) is 40.3 Å². The molecule has 0 bridgehead atoms. The van der Waals surface area contributed by atoms with Crippen LogP contribution in [0.4, 0.5) is 0 Å². The van der Waals surface area contributed by atoms with E-state index in [4.69, 9.17) is 5.73 Å². The molecule has 3 N–H and O–H groups in total. The van der Waals surface area contributed by atoms with Crippen LogP contribution in [0.25, 0.3) is 0 Å². The summed E-state index contributed by atoms with van der Waals surface area (Å²) in [7, 11) is 0. The SMILES string of the molecule is CCn1c(Sc2ccccc2C(C)N)n[nH]c1=O. The Morgan fingerprint density at radius 1 is 1.50 bits per heavy atom. The molecule has 1 unspecified atom stereocenters. The van der Waals surface area contributed by atoms with E-state index in [1.54, 1.807) is 4.57 Å². The minimum Gasteiger partial charge on any atom is -0.324 e. The van der Waals surface area contributed by atoms with Gasteiger partial charge in [0.2, 0.25) is 0 Å². The number of nitrogens with one attached hydrogen (secondary N) is 1. The van der Waals surface area contributed by atoms with Crippen molar-refractivity contribution in [1.82, 2.24) is 14.8 Å². The van der Waals surface area contributed by atoms with Gasteiger partial charge in [0, 0.05) is 17.5 Å². The van der Waals surface area contributed by atoms with E-state index >= 15 is 0 Å². The normalized spacial score (nSPS) is 12.6. The fourth-order valence-electron chi connectivity index (χ4n) is 1.71. The van der Waals surface area contributed by atoms with Crippen LogP contribution in [0, 0.1) is 0 Å². The van der Waals surface area contributed by atoms with E-state index in [0.717, 1.165) is 10.5 Å². The maximum absolute atomic E-state index is 11.5. The topological polar surface area (TPSA) is 76.7 Å². The maximum Gasteiger partial charge on any atom is 0.343 e. The maximum atomic E-state index is 11.5. The summed E-state index contributed by atoms with van der Waals surface area (Å²) in [4.78, 5) is 12.5. The largest absolute Gasteiger partial charge is 0.343 e. The molecule has 0 fully saturated rings. The Balaban J connectivity index is 2.37. The second-order valence-electron chi connectivity index (χ2n) is 3.98. The van der Waals surface area contributed by atoms with Gasteiger partial charge in [-0.15, -0.1) is 5.10 Å². The molecule has 1 atom stereocenters. The van der Waals surface area contributed by atoms with Crippen LogP contribution in [-0.4, -0.2) is 14.8 Å². The van der Waals surface area contributed by atoms with Crippen molar-refractivity contribution < 1.29 is 0 Å². The van der Waals surface area contributed by atoms with Crippen molar-refractivity contribution in [1.29, 1.82) is 0 Å². The van der Waals surface area contributed by atoms with Crippen LogP contribution in [0.3, 0.4) is 0 Å². The molecule has 2 rings (SSSR count). The van der Waals surface area contributed by atoms with Gasteiger partial charge in [-0.1, -0.05) is 18.2 Å². The molecule has 0 radical (unpaired) electrons. The van der Waals surface area contributed by atoms with E-state index in [1.807, 2.05) is 38.1 Å². The molecule has 5 nitrogen and oxygen atoms in total. The lowest BCUT2D eigenvalue weighted by molar-refractivity contribution is 0.660. The van der Waals surface area contributed by atoms with Gasteiger partial charge in [0.05, 0.1) is 0 Å². The van der Waals surface area contributed by atoms with Crippen molar-refractivity contribution in [2.45, 2.75) is 36.5 Å². The summed E-state index contributed by atoms with van der Waals surface area (Å²) in [6, 6.07) is 7.85. The van der Waals surface area contributed by atoms with Crippen molar-refractivity contribution >= 4 is 11.8 Å². The van der Waals surface area contributed by atoms with E-state index in [0.29, 0.717) is 11.7 Å². The monoisotopic (exact) mass is 264 g/mol. The number of nitrogens with two attached hydrogens (primary N) is 1. The summed E-state index contributed by atoms with van der Waals surface area (Å²) in [6.45, 7) is 4.45. The molecule has 1 aromatic carbocycles. The minimum atomic E-state index is -0.182. The van der Waals surface area contributed by atoms with Gasteiger partial charge in [0.15, 0.2) is 5.16 Å². The summed E-state index contributed by atoms with van der Waals surface area (Å²) in [6.07, 6.45) is 0. The third kappa shape index (κ3) is 2.49. The first-order valence-corrected chi connectivity index (χ1v) is 6.62. The molecule has 0 aliphatic rings. The Kier molecular flexibility index (Phi) is 3.88. The third-order valence-electron chi connectivity index (χ3n) is 2.65. The zero-order valence-electron chi connectivity index (χ0n) is 10.4. The number of aromatic amines is 1. The number of H-pyrrole nitrogens is 1. The van der Waals surface area contributed by atoms with Crippen molar-refractivity contribution in [3.8, 4) is 0 Å². The van der Waals surface area contributed by atoms with Crippen molar-refractivity contribution in [2.75, 3.05) is 0 Å². The first kappa shape index (κ1) is 12.9. The van der Waals surface area contributed by atoms with E-state index in [2.05, 4.69) is 10.2 Å². The zero-order valence-corrected chi connectivity index (χ0v) is 11.2. The Morgan fingerprint density at radius 3 is 2.89 bits per heavy atom. The van der Waals surface area contributed by atoms with E-state index in [-0.39, 0.29) is 11.7 Å². The molecule has 96 valence electrons. The number of nitrogens with zero attached hydrogens (tertiary/aromatic N) is 2. The highest BCUT2D eigenvalue weighted by molar-refractivity contribution is 7.99. The fraction of sp³-hybridized carbons (Fsp3) is 0.333. The molecule has 1 aromatic heterocycles. The van der Waals surface area contributed by atoms with Gasteiger partial charge in [-0.05, 0) is 37.2 Å². The van der Waals surface area contributed by atoms with Crippen LogP contribution in [0.2, 0.25) is 0 Å². The summed E-state index contributed by atoms with van der Waals surface area (Å²) < 4.78 is 1.60. The Labute approximate surface area is 109 Å². The molecule has 0 saturated heterocycles. The first-order chi connectivity index (χ1) is 8.63. The van der Waals surface area contributed by atoms with Crippen LogP contribution in [0.1, 0.15) is 25.5 Å². The van der Waals surface area contributed by atoms with Gasteiger partial charge in [-0.2, -0.15) is 0 Å². The Hall–Kier alpha value is -1.53. The van der Waals surface area contributed by atoms with E-state index in [9.17, 15) is 4.79 Å². The molecule has 0 saturated carbocycles. The smallest absolute Gasteiger partial charge is 0.324 e. The molecule has 0 aliphatic heterocycles. The van der Waals surface area contributed by atoms with Crippen LogP contribution in [0.15, 0.2) is 39.1 Å². The van der Waals surface area contributed by atoms with Crippen molar-refractivity contribution in [2.24, 2.45) is 5.73 Å². The lowest BCUT2D eigenvalue weighted by Gasteiger charge is -2.11. The second-order valence-corrected chi connectivity index (χ2v) is 4.99. The van der Waals surface area contributed by atoms with Gasteiger partial charge in [0.25, 0.3) is 0 Å². The van der Waals surface area contributed by atoms with Gasteiger partial charge in [-0.25, -0.2) is 9.89 Å². The lowest BCUT2D eigenvalue weighted by Crippen LogP contribution is -2.16. The average molecular weight is 264 g/mol. The van der Waals surface area contributed by atoms with Gasteiger partial charge >= 0.3 is 5.69 Å². The third-order valence-corrected chi connectivity index (χ3v) is 3.74. The molecule has 1 heterocycles. The van der Waals surface area contributed by atoms with Gasteiger partial charge in [0.1, 0.15) is 0 Å². The van der Waals surface area contributed by atoms with Crippen LogP contribution >= 0.6 is 11.8 Å². The molecule has 0 spiro atoms. The summed E-state index contributed by atoms with van der Waals surface area (Å²) in [5.41, 5.74) is 6.81. The second kappa shape index (κ2) is 5.41.